The van der Waals surface area contributed by atoms with Gasteiger partial charge >= 0.3 is 25.2 Å². The summed E-state index contributed by atoms with van der Waals surface area (Å²) in [6.45, 7) is 1.85. The van der Waals surface area contributed by atoms with Crippen molar-refractivity contribution in [2.24, 2.45) is 5.10 Å². The second kappa shape index (κ2) is 9.69. The zero-order valence-corrected chi connectivity index (χ0v) is 11.4. The minimum atomic E-state index is 0.472. The molecule has 0 saturated carbocycles. The maximum atomic E-state index is 4.20. The van der Waals surface area contributed by atoms with Crippen molar-refractivity contribution in [3.63, 3.8) is 0 Å². The van der Waals surface area contributed by atoms with Crippen LogP contribution in [-0.2, 0) is 27.3 Å². The molecule has 1 N–H and O–H groups in total. The van der Waals surface area contributed by atoms with Crippen molar-refractivity contribution < 1.29 is 15.1 Å². The standard InChI is InChI=1S/C9H12N4S.ClH.Cu/c1-7(12-13-9(14)10-2)8-5-3-4-6-11-8;;/h3-6H,1-2H3,(H2,10,11,13,14);1H;/q;;+1/p-1. The second-order valence-electron chi connectivity index (χ2n) is 2.57. The van der Waals surface area contributed by atoms with E-state index in [1.807, 2.05) is 25.1 Å². The van der Waals surface area contributed by atoms with E-state index in [0.717, 1.165) is 11.4 Å². The Hall–Kier alpha value is -0.521. The fraction of sp³-hybridized carbons (Fsp3) is 0.222. The quantitative estimate of drug-likeness (QED) is 0.225. The first-order valence-corrected chi connectivity index (χ1v) is 6.00. The molecule has 0 atom stereocenters. The molecule has 0 aliphatic carbocycles. The Morgan fingerprint density at radius 1 is 1.56 bits per heavy atom. The number of rotatable bonds is 2. The van der Waals surface area contributed by atoms with Gasteiger partial charge in [0.1, 0.15) is 0 Å². The number of halogens is 1. The van der Waals surface area contributed by atoms with Gasteiger partial charge in [-0.3, -0.25) is 10.3 Å². The van der Waals surface area contributed by atoms with Crippen LogP contribution >= 0.6 is 10.1 Å². The molecule has 16 heavy (non-hydrogen) atoms. The van der Waals surface area contributed by atoms with Crippen LogP contribution in [0.25, 0.3) is 5.43 Å². The van der Waals surface area contributed by atoms with Crippen molar-refractivity contribution >= 4 is 33.1 Å². The molecule has 1 aromatic heterocycles. The van der Waals surface area contributed by atoms with Crippen molar-refractivity contribution in [1.29, 1.82) is 0 Å². The average molecular weight is 307 g/mol. The molecule has 7 heteroatoms. The van der Waals surface area contributed by atoms with Crippen molar-refractivity contribution in [1.82, 2.24) is 10.3 Å². The van der Waals surface area contributed by atoms with E-state index in [2.05, 4.69) is 58.2 Å². The van der Waals surface area contributed by atoms with Crippen LogP contribution in [0.2, 0.25) is 0 Å². The monoisotopic (exact) mass is 306 g/mol. The molecule has 0 spiro atoms. The number of hydrogen-bond donors (Lipinski definition) is 1. The van der Waals surface area contributed by atoms with Crippen LogP contribution < -0.4 is 5.32 Å². The number of hydrogen-bond acceptors (Lipinski definition) is 2. The summed E-state index contributed by atoms with van der Waals surface area (Å²) in [5, 5.41) is 7.20. The molecule has 0 fully saturated rings. The second-order valence-corrected chi connectivity index (χ2v) is 3.00. The van der Waals surface area contributed by atoms with Crippen LogP contribution in [0.1, 0.15) is 12.6 Å². The fourth-order valence-electron chi connectivity index (χ4n) is 0.800. The Bertz CT molecular complexity index is 345. The number of aromatic nitrogens is 1. The molecule has 1 heterocycles. The Morgan fingerprint density at radius 2 is 2.25 bits per heavy atom. The molecule has 1 rings (SSSR count). The first kappa shape index (κ1) is 15.5. The average Bonchev–Trinajstić information content (AvgIpc) is 2.38. The van der Waals surface area contributed by atoms with Crippen LogP contribution in [0, 0.1) is 0 Å². The van der Waals surface area contributed by atoms with Crippen molar-refractivity contribution in [2.75, 3.05) is 7.05 Å². The van der Waals surface area contributed by atoms with E-state index in [-0.39, 0.29) is 0 Å². The molecular formula is C9H12ClCuN4S. The van der Waals surface area contributed by atoms with Gasteiger partial charge in [-0.2, -0.15) is 0 Å². The predicted molar refractivity (Wildman–Crippen MR) is 68.5 cm³/mol. The van der Waals surface area contributed by atoms with E-state index in [9.17, 15) is 0 Å². The molecule has 0 aliphatic heterocycles. The van der Waals surface area contributed by atoms with E-state index >= 15 is 0 Å². The summed E-state index contributed by atoms with van der Waals surface area (Å²) in [4.78, 5) is 4.14. The minimum absolute atomic E-state index is 0.472. The van der Waals surface area contributed by atoms with Crippen molar-refractivity contribution in [2.45, 2.75) is 6.92 Å². The van der Waals surface area contributed by atoms with E-state index in [1.54, 1.807) is 13.2 Å². The summed E-state index contributed by atoms with van der Waals surface area (Å²) in [6.07, 6.45) is 1.72. The van der Waals surface area contributed by atoms with E-state index in [1.165, 1.54) is 0 Å². The van der Waals surface area contributed by atoms with E-state index in [4.69, 9.17) is 0 Å². The summed E-state index contributed by atoms with van der Waals surface area (Å²) in [7, 11) is 5.93. The van der Waals surface area contributed by atoms with Gasteiger partial charge in [-0.25, -0.2) is 0 Å². The predicted octanol–water partition coefficient (Wildman–Crippen LogP) is 1.45. The molecule has 0 bridgehead atoms. The maximum absolute atomic E-state index is 4.20. The van der Waals surface area contributed by atoms with Gasteiger partial charge in [0.2, 0.25) is 0 Å². The fourth-order valence-corrected chi connectivity index (χ4v) is 0.845. The van der Waals surface area contributed by atoms with Crippen molar-refractivity contribution in [3.8, 4) is 0 Å². The van der Waals surface area contributed by atoms with Gasteiger partial charge in [0, 0.05) is 11.9 Å². The van der Waals surface area contributed by atoms with Gasteiger partial charge in [-0.1, -0.05) is 6.07 Å². The molecule has 1 aromatic rings. The van der Waals surface area contributed by atoms with Gasteiger partial charge in [-0.05, 0) is 26.1 Å². The molecule has 0 amide bonds. The van der Waals surface area contributed by atoms with Crippen molar-refractivity contribution in [3.05, 3.63) is 35.5 Å². The summed E-state index contributed by atoms with van der Waals surface area (Å²) in [6, 6.07) is 5.65. The first-order chi connectivity index (χ1) is 7.74. The molecule has 0 radical (unpaired) electrons. The molecule has 92 valence electrons. The summed E-state index contributed by atoms with van der Waals surface area (Å²) < 4.78 is 0. The topological polar surface area (TPSA) is 51.4 Å². The van der Waals surface area contributed by atoms with E-state index < -0.39 is 0 Å². The molecule has 4 nitrogen and oxygen atoms in total. The van der Waals surface area contributed by atoms with Crippen LogP contribution in [0.3, 0.4) is 0 Å². The summed E-state index contributed by atoms with van der Waals surface area (Å²) in [5.41, 5.74) is 5.41. The molecular weight excluding hydrogens is 295 g/mol. The third-order valence-corrected chi connectivity index (χ3v) is 1.87. The zero-order chi connectivity index (χ0) is 12.4. The molecule has 0 aromatic carbocycles. The molecule has 0 unspecified atom stereocenters. The van der Waals surface area contributed by atoms with Crippen LogP contribution in [-0.4, -0.2) is 22.9 Å². The van der Waals surface area contributed by atoms with Gasteiger partial charge < -0.3 is 10.5 Å². The SMILES string of the molecule is CNC(=[SH+])[N-]N=C(C)c1ccccn1.[Cl][Cu]. The Labute approximate surface area is 113 Å². The number of nitrogens with zero attached hydrogens (tertiary/aromatic N) is 3. The van der Waals surface area contributed by atoms with Gasteiger partial charge in [0.15, 0.2) is 17.3 Å². The Balaban J connectivity index is 0.00000106. The zero-order valence-electron chi connectivity index (χ0n) is 8.78. The van der Waals surface area contributed by atoms with Crippen LogP contribution in [0.4, 0.5) is 0 Å². The third-order valence-electron chi connectivity index (χ3n) is 1.55. The Kier molecular flexibility index (Phi) is 9.37. The summed E-state index contributed by atoms with van der Waals surface area (Å²) >= 11 is 7.69. The van der Waals surface area contributed by atoms with Gasteiger partial charge in [0.25, 0.3) is 0 Å². The summed E-state index contributed by atoms with van der Waals surface area (Å²) in [5.74, 6) is 0. The van der Waals surface area contributed by atoms with E-state index in [0.29, 0.717) is 5.11 Å². The number of pyridine rings is 1. The van der Waals surface area contributed by atoms with Crippen LogP contribution in [0.15, 0.2) is 29.5 Å². The van der Waals surface area contributed by atoms with Gasteiger partial charge in [0.05, 0.1) is 5.69 Å². The third kappa shape index (κ3) is 6.15. The molecule has 0 saturated heterocycles. The first-order valence-electron chi connectivity index (χ1n) is 4.26. The normalized spacial score (nSPS) is 10.2. The number of nitrogens with one attached hydrogen (secondary N) is 1. The number of thiol groups is 1. The molecule has 0 aliphatic rings. The Morgan fingerprint density at radius 3 is 2.75 bits per heavy atom. The van der Waals surface area contributed by atoms with Crippen LogP contribution in [0.5, 0.6) is 0 Å². The van der Waals surface area contributed by atoms with Gasteiger partial charge in [-0.15, -0.1) is 0 Å².